The first-order valence-electron chi connectivity index (χ1n) is 7.17. The predicted molar refractivity (Wildman–Crippen MR) is 75.2 cm³/mol. The van der Waals surface area contributed by atoms with Gasteiger partial charge in [0, 0.05) is 25.6 Å². The summed E-state index contributed by atoms with van der Waals surface area (Å²) in [5.74, 6) is 0.764. The van der Waals surface area contributed by atoms with Gasteiger partial charge in [-0.3, -0.25) is 4.79 Å². The van der Waals surface area contributed by atoms with Gasteiger partial charge in [0.2, 0.25) is 5.91 Å². The Morgan fingerprint density at radius 3 is 2.44 bits per heavy atom. The Kier molecular flexibility index (Phi) is 9.98. The Morgan fingerprint density at radius 1 is 1.33 bits per heavy atom. The van der Waals surface area contributed by atoms with Gasteiger partial charge in [-0.15, -0.1) is 0 Å². The molecule has 0 saturated carbocycles. The quantitative estimate of drug-likeness (QED) is 0.627. The number of nitrogens with two attached hydrogens (primary N) is 1. The van der Waals surface area contributed by atoms with E-state index < -0.39 is 0 Å². The van der Waals surface area contributed by atoms with Crippen molar-refractivity contribution in [2.45, 2.75) is 58.9 Å². The molecule has 4 nitrogen and oxygen atoms in total. The minimum atomic E-state index is 0.140. The molecule has 0 bridgehead atoms. The number of amides is 1. The third-order valence-corrected chi connectivity index (χ3v) is 3.42. The smallest absolute Gasteiger partial charge is 0.222 e. The van der Waals surface area contributed by atoms with Crippen LogP contribution in [0.1, 0.15) is 52.9 Å². The van der Waals surface area contributed by atoms with E-state index >= 15 is 0 Å². The van der Waals surface area contributed by atoms with Crippen LogP contribution in [-0.2, 0) is 4.79 Å². The van der Waals surface area contributed by atoms with Crippen LogP contribution >= 0.6 is 0 Å². The molecule has 1 amide bonds. The molecular weight excluding hydrogens is 228 g/mol. The van der Waals surface area contributed by atoms with Crippen LogP contribution in [0.15, 0.2) is 0 Å². The monoisotopic (exact) mass is 258 g/mol. The first-order chi connectivity index (χ1) is 8.56. The van der Waals surface area contributed by atoms with E-state index in [0.29, 0.717) is 31.8 Å². The first kappa shape index (κ1) is 17.4. The van der Waals surface area contributed by atoms with E-state index in [4.69, 9.17) is 10.8 Å². The summed E-state index contributed by atoms with van der Waals surface area (Å²) in [4.78, 5) is 14.0. The second kappa shape index (κ2) is 10.3. The summed E-state index contributed by atoms with van der Waals surface area (Å²) in [6, 6.07) is 0.207. The maximum atomic E-state index is 12.1. The van der Waals surface area contributed by atoms with Crippen molar-refractivity contribution in [3.8, 4) is 0 Å². The molecule has 0 aromatic rings. The summed E-state index contributed by atoms with van der Waals surface area (Å²) in [5, 5.41) is 8.85. The Bertz CT molecular complexity index is 220. The molecule has 0 aliphatic heterocycles. The van der Waals surface area contributed by atoms with E-state index in [2.05, 4.69) is 6.92 Å². The zero-order chi connectivity index (χ0) is 14.0. The summed E-state index contributed by atoms with van der Waals surface area (Å²) in [5.41, 5.74) is 5.56. The molecule has 0 aliphatic rings. The van der Waals surface area contributed by atoms with Crippen LogP contribution in [0.3, 0.4) is 0 Å². The number of aliphatic hydroxyl groups is 1. The number of carbonyl (C=O) groups is 1. The second-order valence-electron chi connectivity index (χ2n) is 5.15. The summed E-state index contributed by atoms with van der Waals surface area (Å²) in [6.45, 7) is 7.68. The summed E-state index contributed by atoms with van der Waals surface area (Å²) < 4.78 is 0. The fourth-order valence-corrected chi connectivity index (χ4v) is 2.17. The normalized spacial score (nSPS) is 12.8. The minimum Gasteiger partial charge on any atom is -0.396 e. The van der Waals surface area contributed by atoms with E-state index in [-0.39, 0.29) is 18.6 Å². The second-order valence-corrected chi connectivity index (χ2v) is 5.15. The molecule has 3 N–H and O–H groups in total. The molecule has 18 heavy (non-hydrogen) atoms. The highest BCUT2D eigenvalue weighted by molar-refractivity contribution is 5.76. The van der Waals surface area contributed by atoms with E-state index in [1.807, 2.05) is 18.7 Å². The Labute approximate surface area is 112 Å². The highest BCUT2D eigenvalue weighted by atomic mass is 16.3. The van der Waals surface area contributed by atoms with E-state index in [1.54, 1.807) is 0 Å². The highest BCUT2D eigenvalue weighted by Crippen LogP contribution is 2.16. The molecule has 0 aromatic carbocycles. The molecule has 0 spiro atoms. The Morgan fingerprint density at radius 2 is 2.00 bits per heavy atom. The number of hydrogen-bond acceptors (Lipinski definition) is 3. The van der Waals surface area contributed by atoms with Gasteiger partial charge in [0.1, 0.15) is 0 Å². The highest BCUT2D eigenvalue weighted by Gasteiger charge is 2.17. The lowest BCUT2D eigenvalue weighted by Gasteiger charge is -2.27. The molecule has 0 saturated heterocycles. The third kappa shape index (κ3) is 6.97. The maximum absolute atomic E-state index is 12.1. The molecule has 0 rings (SSSR count). The number of carbonyl (C=O) groups excluding carboxylic acids is 1. The number of aliphatic hydroxyl groups excluding tert-OH is 1. The van der Waals surface area contributed by atoms with Crippen LogP contribution < -0.4 is 5.73 Å². The first-order valence-corrected chi connectivity index (χ1v) is 7.17. The Hall–Kier alpha value is -0.610. The van der Waals surface area contributed by atoms with Crippen molar-refractivity contribution < 1.29 is 9.90 Å². The maximum Gasteiger partial charge on any atom is 0.222 e. The van der Waals surface area contributed by atoms with Crippen molar-refractivity contribution in [1.29, 1.82) is 0 Å². The molecule has 0 aromatic heterocycles. The van der Waals surface area contributed by atoms with Gasteiger partial charge < -0.3 is 15.7 Å². The topological polar surface area (TPSA) is 66.6 Å². The molecule has 4 heteroatoms. The molecule has 1 atom stereocenters. The molecular formula is C14H30N2O2. The van der Waals surface area contributed by atoms with Gasteiger partial charge in [-0.25, -0.2) is 0 Å². The molecule has 0 heterocycles. The van der Waals surface area contributed by atoms with Gasteiger partial charge in [-0.05, 0) is 45.6 Å². The summed E-state index contributed by atoms with van der Waals surface area (Å²) in [6.07, 6.45) is 4.27. The third-order valence-electron chi connectivity index (χ3n) is 3.42. The van der Waals surface area contributed by atoms with Gasteiger partial charge >= 0.3 is 0 Å². The lowest BCUT2D eigenvalue weighted by molar-refractivity contribution is -0.133. The van der Waals surface area contributed by atoms with Crippen LogP contribution in [0.4, 0.5) is 0 Å². The fourth-order valence-electron chi connectivity index (χ4n) is 2.17. The lowest BCUT2D eigenvalue weighted by atomic mass is 9.96. The van der Waals surface area contributed by atoms with Crippen molar-refractivity contribution in [2.24, 2.45) is 11.7 Å². The predicted octanol–water partition coefficient (Wildman–Crippen LogP) is 1.76. The number of nitrogens with zero attached hydrogens (tertiary/aromatic N) is 1. The van der Waals surface area contributed by atoms with Gasteiger partial charge in [0.15, 0.2) is 0 Å². The lowest BCUT2D eigenvalue weighted by Crippen LogP contribution is -2.38. The molecule has 0 radical (unpaired) electrons. The van der Waals surface area contributed by atoms with Gasteiger partial charge in [0.25, 0.3) is 0 Å². The van der Waals surface area contributed by atoms with Gasteiger partial charge in [0.05, 0.1) is 0 Å². The molecule has 0 aliphatic carbocycles. The zero-order valence-corrected chi connectivity index (χ0v) is 12.2. The van der Waals surface area contributed by atoms with Crippen LogP contribution in [0.2, 0.25) is 0 Å². The largest absolute Gasteiger partial charge is 0.396 e. The summed E-state index contributed by atoms with van der Waals surface area (Å²) in [7, 11) is 0. The van der Waals surface area contributed by atoms with Crippen LogP contribution in [0.25, 0.3) is 0 Å². The Balaban J connectivity index is 4.16. The number of rotatable bonds is 10. The van der Waals surface area contributed by atoms with Crippen LogP contribution in [0.5, 0.6) is 0 Å². The zero-order valence-electron chi connectivity index (χ0n) is 12.2. The van der Waals surface area contributed by atoms with Crippen molar-refractivity contribution in [3.05, 3.63) is 0 Å². The standard InChI is InChI=1S/C14H30N2O2/c1-4-13(8-9-15)6-7-14(18)16(12(2)3)10-5-11-17/h12-13,17H,4-11,15H2,1-3H3. The van der Waals surface area contributed by atoms with Crippen molar-refractivity contribution in [2.75, 3.05) is 19.7 Å². The van der Waals surface area contributed by atoms with Crippen molar-refractivity contribution in [1.82, 2.24) is 4.90 Å². The van der Waals surface area contributed by atoms with Gasteiger partial charge in [-0.1, -0.05) is 13.3 Å². The van der Waals surface area contributed by atoms with Crippen LogP contribution in [-0.4, -0.2) is 41.7 Å². The fraction of sp³-hybridized carbons (Fsp3) is 0.929. The summed E-state index contributed by atoms with van der Waals surface area (Å²) >= 11 is 0. The van der Waals surface area contributed by atoms with Crippen molar-refractivity contribution in [3.63, 3.8) is 0 Å². The van der Waals surface area contributed by atoms with Gasteiger partial charge in [-0.2, -0.15) is 0 Å². The molecule has 1 unspecified atom stereocenters. The SMILES string of the molecule is CCC(CCN)CCC(=O)N(CCCO)C(C)C. The molecule has 108 valence electrons. The van der Waals surface area contributed by atoms with E-state index in [1.165, 1.54) is 0 Å². The average Bonchev–Trinajstić information content (AvgIpc) is 2.34. The average molecular weight is 258 g/mol. The molecule has 0 fully saturated rings. The van der Waals surface area contributed by atoms with E-state index in [9.17, 15) is 4.79 Å². The minimum absolute atomic E-state index is 0.140. The van der Waals surface area contributed by atoms with E-state index in [0.717, 1.165) is 19.3 Å². The van der Waals surface area contributed by atoms with Crippen molar-refractivity contribution >= 4 is 5.91 Å². The van der Waals surface area contributed by atoms with Crippen LogP contribution in [0, 0.1) is 5.92 Å². The number of hydrogen-bond donors (Lipinski definition) is 2.